The SMILES string of the molecule is COc1cccc(O)c1C(=O)NCC1(c2cc(F)cc(F)c2)CCN(C(N)=NC#N)CC1. The monoisotopic (exact) mass is 443 g/mol. The fourth-order valence-electron chi connectivity index (χ4n) is 3.97. The molecule has 2 aromatic carbocycles. The molecule has 0 saturated carbocycles. The number of amides is 1. The van der Waals surface area contributed by atoms with Gasteiger partial charge in [0, 0.05) is 31.1 Å². The van der Waals surface area contributed by atoms with E-state index < -0.39 is 23.0 Å². The van der Waals surface area contributed by atoms with Gasteiger partial charge in [0.15, 0.2) is 0 Å². The molecule has 1 fully saturated rings. The number of hydrogen-bond donors (Lipinski definition) is 3. The molecule has 10 heteroatoms. The standard InChI is InChI=1S/C22H23F2N5O3/c1-32-18-4-2-3-17(30)19(18)20(31)27-12-22(14-9-15(23)11-16(24)10-14)5-7-29(8-6-22)21(26)28-13-25/h2-4,9-11,30H,5-8,12H2,1H3,(H2,26,28)(H,27,31). The topological polar surface area (TPSA) is 124 Å². The Hall–Kier alpha value is -3.87. The van der Waals surface area contributed by atoms with Crippen molar-refractivity contribution in [2.75, 3.05) is 26.7 Å². The van der Waals surface area contributed by atoms with Crippen LogP contribution in [0.1, 0.15) is 28.8 Å². The number of phenols is 1. The number of carbonyl (C=O) groups is 1. The Kier molecular flexibility index (Phi) is 6.78. The molecule has 2 aromatic rings. The van der Waals surface area contributed by atoms with Gasteiger partial charge >= 0.3 is 0 Å². The van der Waals surface area contributed by atoms with Gasteiger partial charge in [-0.3, -0.25) is 4.79 Å². The van der Waals surface area contributed by atoms with Gasteiger partial charge < -0.3 is 25.8 Å². The summed E-state index contributed by atoms with van der Waals surface area (Å²) in [5.41, 5.74) is 5.37. The average molecular weight is 443 g/mol. The fourth-order valence-corrected chi connectivity index (χ4v) is 3.97. The Labute approximate surface area is 183 Å². The van der Waals surface area contributed by atoms with E-state index in [-0.39, 0.29) is 29.6 Å². The Morgan fingerprint density at radius 2 is 1.97 bits per heavy atom. The number of likely N-dealkylation sites (tertiary alicyclic amines) is 1. The number of rotatable bonds is 5. The molecular weight excluding hydrogens is 420 g/mol. The van der Waals surface area contributed by atoms with Crippen molar-refractivity contribution in [3.63, 3.8) is 0 Å². The van der Waals surface area contributed by atoms with Gasteiger partial charge in [-0.1, -0.05) is 6.07 Å². The third-order valence-corrected chi connectivity index (χ3v) is 5.72. The number of halogens is 2. The number of nitrogens with two attached hydrogens (primary N) is 1. The van der Waals surface area contributed by atoms with Crippen molar-refractivity contribution < 1.29 is 23.4 Å². The number of carbonyl (C=O) groups excluding carboxylic acids is 1. The lowest BCUT2D eigenvalue weighted by atomic mass is 9.72. The predicted molar refractivity (Wildman–Crippen MR) is 113 cm³/mol. The number of methoxy groups -OCH3 is 1. The van der Waals surface area contributed by atoms with Gasteiger partial charge in [-0.05, 0) is 42.7 Å². The highest BCUT2D eigenvalue weighted by Crippen LogP contribution is 2.36. The van der Waals surface area contributed by atoms with Crippen LogP contribution in [0.3, 0.4) is 0 Å². The second kappa shape index (κ2) is 9.51. The summed E-state index contributed by atoms with van der Waals surface area (Å²) in [5, 5.41) is 21.6. The van der Waals surface area contributed by atoms with Crippen LogP contribution in [0.4, 0.5) is 8.78 Å². The number of aromatic hydroxyl groups is 1. The minimum absolute atomic E-state index is 0.0293. The van der Waals surface area contributed by atoms with Crippen LogP contribution in [0.15, 0.2) is 41.4 Å². The molecule has 32 heavy (non-hydrogen) atoms. The molecule has 0 radical (unpaired) electrons. The van der Waals surface area contributed by atoms with Crippen LogP contribution in [-0.4, -0.2) is 48.6 Å². The maximum Gasteiger partial charge on any atom is 0.258 e. The summed E-state index contributed by atoms with van der Waals surface area (Å²) in [6.07, 6.45) is 2.41. The average Bonchev–Trinajstić information content (AvgIpc) is 2.77. The van der Waals surface area contributed by atoms with Crippen molar-refractivity contribution in [2.24, 2.45) is 10.7 Å². The van der Waals surface area contributed by atoms with Crippen LogP contribution in [0, 0.1) is 23.1 Å². The van der Waals surface area contributed by atoms with Gasteiger partial charge in [-0.25, -0.2) is 8.78 Å². The number of nitrogens with one attached hydrogen (secondary N) is 1. The lowest BCUT2D eigenvalue weighted by molar-refractivity contribution is 0.0926. The number of piperidine rings is 1. The zero-order valence-electron chi connectivity index (χ0n) is 17.4. The van der Waals surface area contributed by atoms with Crippen LogP contribution in [-0.2, 0) is 5.41 Å². The van der Waals surface area contributed by atoms with Crippen LogP contribution >= 0.6 is 0 Å². The van der Waals surface area contributed by atoms with Crippen LogP contribution in [0.25, 0.3) is 0 Å². The molecule has 0 bridgehead atoms. The molecule has 0 aliphatic carbocycles. The molecule has 8 nitrogen and oxygen atoms in total. The first kappa shape index (κ1) is 22.8. The van der Waals surface area contributed by atoms with E-state index in [0.29, 0.717) is 31.5 Å². The quantitative estimate of drug-likeness (QED) is 0.370. The normalized spacial score (nSPS) is 15.7. The maximum absolute atomic E-state index is 14.0. The van der Waals surface area contributed by atoms with Gasteiger partial charge in [-0.15, -0.1) is 4.99 Å². The summed E-state index contributed by atoms with van der Waals surface area (Å²) >= 11 is 0. The van der Waals surface area contributed by atoms with E-state index in [0.717, 1.165) is 6.07 Å². The number of aliphatic imine (C=N–C) groups is 1. The van der Waals surface area contributed by atoms with E-state index >= 15 is 0 Å². The van der Waals surface area contributed by atoms with E-state index in [1.165, 1.54) is 25.3 Å². The number of nitriles is 1. The minimum atomic E-state index is -0.806. The molecule has 1 saturated heterocycles. The molecule has 1 amide bonds. The number of guanidine groups is 1. The fraction of sp³-hybridized carbons (Fsp3) is 0.318. The molecule has 0 unspecified atom stereocenters. The molecule has 0 spiro atoms. The van der Waals surface area contributed by atoms with E-state index in [2.05, 4.69) is 10.3 Å². The second-order valence-electron chi connectivity index (χ2n) is 7.53. The lowest BCUT2D eigenvalue weighted by Gasteiger charge is -2.42. The summed E-state index contributed by atoms with van der Waals surface area (Å²) < 4.78 is 33.2. The molecular formula is C22H23F2N5O3. The first-order valence-electron chi connectivity index (χ1n) is 9.87. The van der Waals surface area contributed by atoms with Crippen molar-refractivity contribution >= 4 is 11.9 Å². The van der Waals surface area contributed by atoms with Gasteiger partial charge in [0.1, 0.15) is 28.7 Å². The van der Waals surface area contributed by atoms with Crippen molar-refractivity contribution in [3.05, 3.63) is 59.2 Å². The molecule has 1 aliphatic heterocycles. The van der Waals surface area contributed by atoms with Crippen molar-refractivity contribution in [2.45, 2.75) is 18.3 Å². The van der Waals surface area contributed by atoms with Crippen LogP contribution in [0.5, 0.6) is 11.5 Å². The smallest absolute Gasteiger partial charge is 0.258 e. The third kappa shape index (κ3) is 4.72. The van der Waals surface area contributed by atoms with Crippen molar-refractivity contribution in [1.29, 1.82) is 5.26 Å². The number of ether oxygens (including phenoxy) is 1. The lowest BCUT2D eigenvalue weighted by Crippen LogP contribution is -2.52. The summed E-state index contributed by atoms with van der Waals surface area (Å²) in [7, 11) is 1.38. The molecule has 1 aliphatic rings. The van der Waals surface area contributed by atoms with E-state index in [1.54, 1.807) is 23.2 Å². The Morgan fingerprint density at radius 3 is 2.56 bits per heavy atom. The third-order valence-electron chi connectivity index (χ3n) is 5.72. The Bertz CT molecular complexity index is 1060. The van der Waals surface area contributed by atoms with Gasteiger partial charge in [0.25, 0.3) is 5.91 Å². The molecule has 168 valence electrons. The highest BCUT2D eigenvalue weighted by Gasteiger charge is 2.38. The van der Waals surface area contributed by atoms with Gasteiger partial charge in [-0.2, -0.15) is 5.26 Å². The number of benzene rings is 2. The largest absolute Gasteiger partial charge is 0.507 e. The maximum atomic E-state index is 14.0. The first-order chi connectivity index (χ1) is 15.3. The van der Waals surface area contributed by atoms with E-state index in [1.807, 2.05) is 0 Å². The number of phenolic OH excluding ortho intramolecular Hbond substituents is 1. The zero-order chi connectivity index (χ0) is 23.3. The molecule has 3 rings (SSSR count). The Balaban J connectivity index is 1.89. The van der Waals surface area contributed by atoms with Crippen LogP contribution < -0.4 is 15.8 Å². The second-order valence-corrected chi connectivity index (χ2v) is 7.53. The molecule has 1 heterocycles. The van der Waals surface area contributed by atoms with Crippen molar-refractivity contribution in [3.8, 4) is 17.7 Å². The summed E-state index contributed by atoms with van der Waals surface area (Å²) in [6, 6.07) is 7.74. The number of hydrogen-bond acceptors (Lipinski definition) is 5. The van der Waals surface area contributed by atoms with Gasteiger partial charge in [0.05, 0.1) is 7.11 Å². The predicted octanol–water partition coefficient (Wildman–Crippen LogP) is 2.24. The first-order valence-corrected chi connectivity index (χ1v) is 9.87. The highest BCUT2D eigenvalue weighted by molar-refractivity contribution is 5.99. The van der Waals surface area contributed by atoms with Crippen molar-refractivity contribution in [1.82, 2.24) is 10.2 Å². The Morgan fingerprint density at radius 1 is 1.31 bits per heavy atom. The summed E-state index contributed by atoms with van der Waals surface area (Å²) in [6.45, 7) is 0.783. The minimum Gasteiger partial charge on any atom is -0.507 e. The zero-order valence-corrected chi connectivity index (χ0v) is 17.4. The molecule has 0 atom stereocenters. The summed E-state index contributed by atoms with van der Waals surface area (Å²) in [4.78, 5) is 18.1. The van der Waals surface area contributed by atoms with E-state index in [9.17, 15) is 18.7 Å². The number of nitrogens with zero attached hydrogens (tertiary/aromatic N) is 3. The summed E-state index contributed by atoms with van der Waals surface area (Å²) in [5.74, 6) is -2.01. The van der Waals surface area contributed by atoms with Gasteiger partial charge in [0.2, 0.25) is 12.2 Å². The molecule has 0 aromatic heterocycles. The highest BCUT2D eigenvalue weighted by atomic mass is 19.1. The van der Waals surface area contributed by atoms with E-state index in [4.69, 9.17) is 15.7 Å². The van der Waals surface area contributed by atoms with Crippen LogP contribution in [0.2, 0.25) is 0 Å². The molecule has 4 N–H and O–H groups in total.